The minimum Gasteiger partial charge on any atom is -0.476 e. The van der Waals surface area contributed by atoms with Crippen LogP contribution in [0.3, 0.4) is 0 Å². The average Bonchev–Trinajstić information content (AvgIpc) is 3.34. The van der Waals surface area contributed by atoms with Gasteiger partial charge in [-0.15, -0.1) is 0 Å². The van der Waals surface area contributed by atoms with Gasteiger partial charge in [0.1, 0.15) is 17.8 Å². The van der Waals surface area contributed by atoms with Crippen LogP contribution in [0.2, 0.25) is 0 Å². The van der Waals surface area contributed by atoms with Crippen LogP contribution in [0, 0.1) is 10.8 Å². The van der Waals surface area contributed by atoms with E-state index in [1.807, 2.05) is 0 Å². The van der Waals surface area contributed by atoms with Crippen LogP contribution < -0.4 is 10.1 Å². The van der Waals surface area contributed by atoms with Crippen molar-refractivity contribution < 1.29 is 32.2 Å². The Labute approximate surface area is 185 Å². The first-order valence-corrected chi connectivity index (χ1v) is 10.6. The lowest BCUT2D eigenvalue weighted by Crippen LogP contribution is -2.49. The van der Waals surface area contributed by atoms with Crippen LogP contribution >= 0.6 is 0 Å². The number of carbonyl (C=O) groups excluding carboxylic acids is 2. The number of pyridine rings is 1. The lowest BCUT2D eigenvalue weighted by atomic mass is 9.91. The highest BCUT2D eigenvalue weighted by molar-refractivity contribution is 5.82. The number of hydrogen-bond donors (Lipinski definition) is 1. The smallest absolute Gasteiger partial charge is 0.421 e. The van der Waals surface area contributed by atoms with Crippen LogP contribution in [-0.4, -0.2) is 53.2 Å². The lowest BCUT2D eigenvalue weighted by molar-refractivity contribution is -0.139. The number of hydrogen-bond acceptors (Lipinski definition) is 5. The molecule has 1 aliphatic carbocycles. The summed E-state index contributed by atoms with van der Waals surface area (Å²) in [5, 5.41) is 2.99. The summed E-state index contributed by atoms with van der Waals surface area (Å²) in [6, 6.07) is 1.82. The van der Waals surface area contributed by atoms with Gasteiger partial charge >= 0.3 is 12.3 Å². The van der Waals surface area contributed by atoms with E-state index in [9.17, 15) is 22.8 Å². The Kier molecular flexibility index (Phi) is 6.12. The van der Waals surface area contributed by atoms with Crippen molar-refractivity contribution in [1.82, 2.24) is 15.2 Å². The number of likely N-dealkylation sites (tertiary alicyclic amines) is 1. The monoisotopic (exact) mass is 457 g/mol. The first-order valence-electron chi connectivity index (χ1n) is 10.6. The Morgan fingerprint density at radius 2 is 1.88 bits per heavy atom. The van der Waals surface area contributed by atoms with E-state index in [1.54, 1.807) is 39.5 Å². The fourth-order valence-electron chi connectivity index (χ4n) is 3.69. The maximum Gasteiger partial charge on any atom is 0.421 e. The Bertz CT molecular complexity index is 876. The minimum atomic E-state index is -4.61. The second-order valence-corrected chi connectivity index (χ2v) is 10.3. The quantitative estimate of drug-likeness (QED) is 0.722. The summed E-state index contributed by atoms with van der Waals surface area (Å²) in [5.41, 5.74) is -2.89. The molecule has 2 fully saturated rings. The van der Waals surface area contributed by atoms with Crippen LogP contribution in [0.5, 0.6) is 5.88 Å². The van der Waals surface area contributed by atoms with Gasteiger partial charge in [0.05, 0.1) is 11.5 Å². The summed E-state index contributed by atoms with van der Waals surface area (Å²) >= 11 is 0. The maximum absolute atomic E-state index is 13.2. The number of amides is 2. The maximum atomic E-state index is 13.2. The zero-order chi connectivity index (χ0) is 23.9. The molecule has 0 bridgehead atoms. The Balaban J connectivity index is 1.62. The molecule has 2 amide bonds. The summed E-state index contributed by atoms with van der Waals surface area (Å²) in [6.45, 7) is 9.12. The van der Waals surface area contributed by atoms with Gasteiger partial charge < -0.3 is 19.7 Å². The number of rotatable bonds is 5. The standard InChI is InChI=1S/C22H30F3N3O4/c1-19(2,3)32-18(30)28-11-15(21(12-28)8-9-21)27-17(29)20(4,5)13-31-16-14(22(23,24)25)7-6-10-26-16/h6-7,10,15H,8-9,11-13H2,1-5H3,(H,27,29)/t15-/m0/s1. The highest BCUT2D eigenvalue weighted by Gasteiger charge is 2.57. The molecule has 1 atom stereocenters. The van der Waals surface area contributed by atoms with Crippen LogP contribution in [0.15, 0.2) is 18.3 Å². The van der Waals surface area contributed by atoms with Gasteiger partial charge in [0, 0.05) is 24.7 Å². The van der Waals surface area contributed by atoms with E-state index in [0.29, 0.717) is 13.1 Å². The van der Waals surface area contributed by atoms with Gasteiger partial charge in [0.25, 0.3) is 0 Å². The van der Waals surface area contributed by atoms with E-state index >= 15 is 0 Å². The number of carbonyl (C=O) groups is 2. The van der Waals surface area contributed by atoms with Crippen LogP contribution in [0.1, 0.15) is 53.0 Å². The predicted octanol–water partition coefficient (Wildman–Crippen LogP) is 4.02. The molecular weight excluding hydrogens is 427 g/mol. The lowest BCUT2D eigenvalue weighted by Gasteiger charge is -2.28. The predicted molar refractivity (Wildman–Crippen MR) is 110 cm³/mol. The molecule has 1 aromatic heterocycles. The molecule has 1 aromatic rings. The molecule has 7 nitrogen and oxygen atoms in total. The van der Waals surface area contributed by atoms with Gasteiger partial charge in [-0.2, -0.15) is 13.2 Å². The van der Waals surface area contributed by atoms with E-state index in [4.69, 9.17) is 9.47 Å². The average molecular weight is 457 g/mol. The highest BCUT2D eigenvalue weighted by Crippen LogP contribution is 2.53. The molecule has 2 heterocycles. The van der Waals surface area contributed by atoms with Crippen molar-refractivity contribution >= 4 is 12.0 Å². The molecule has 1 spiro atoms. The summed E-state index contributed by atoms with van der Waals surface area (Å²) < 4.78 is 50.2. The molecule has 0 radical (unpaired) electrons. The Morgan fingerprint density at radius 3 is 2.44 bits per heavy atom. The first kappa shape index (κ1) is 24.1. The van der Waals surface area contributed by atoms with Crippen LogP contribution in [0.25, 0.3) is 0 Å². The summed E-state index contributed by atoms with van der Waals surface area (Å²) in [7, 11) is 0. The van der Waals surface area contributed by atoms with Gasteiger partial charge in [0.15, 0.2) is 0 Å². The zero-order valence-corrected chi connectivity index (χ0v) is 19.0. The molecule has 178 valence electrons. The van der Waals surface area contributed by atoms with Gasteiger partial charge in [-0.1, -0.05) is 0 Å². The summed E-state index contributed by atoms with van der Waals surface area (Å²) in [4.78, 5) is 30.7. The van der Waals surface area contributed by atoms with E-state index in [2.05, 4.69) is 10.3 Å². The van der Waals surface area contributed by atoms with Crippen LogP contribution in [0.4, 0.5) is 18.0 Å². The van der Waals surface area contributed by atoms with Crippen molar-refractivity contribution in [3.63, 3.8) is 0 Å². The highest BCUT2D eigenvalue weighted by atomic mass is 19.4. The van der Waals surface area contributed by atoms with E-state index in [1.165, 1.54) is 12.3 Å². The molecule has 0 unspecified atom stereocenters. The summed E-state index contributed by atoms with van der Waals surface area (Å²) in [5.74, 6) is -0.916. The van der Waals surface area contributed by atoms with Crippen molar-refractivity contribution in [3.8, 4) is 5.88 Å². The van der Waals surface area contributed by atoms with Gasteiger partial charge in [-0.25, -0.2) is 9.78 Å². The van der Waals surface area contributed by atoms with Gasteiger partial charge in [-0.3, -0.25) is 4.79 Å². The van der Waals surface area contributed by atoms with Gasteiger partial charge in [-0.05, 0) is 59.6 Å². The normalized spacial score (nSPS) is 20.2. The zero-order valence-electron chi connectivity index (χ0n) is 19.0. The van der Waals surface area contributed by atoms with Gasteiger partial charge in [0.2, 0.25) is 11.8 Å². The van der Waals surface area contributed by atoms with E-state index in [-0.39, 0.29) is 24.0 Å². The molecule has 32 heavy (non-hydrogen) atoms. The largest absolute Gasteiger partial charge is 0.476 e. The second-order valence-electron chi connectivity index (χ2n) is 10.3. The number of alkyl halides is 3. The van der Waals surface area contributed by atoms with E-state index in [0.717, 1.165) is 18.9 Å². The number of aromatic nitrogens is 1. The molecular formula is C22H30F3N3O4. The van der Waals surface area contributed by atoms with Crippen molar-refractivity contribution in [2.45, 2.75) is 65.3 Å². The SMILES string of the molecule is CC(C)(C)OC(=O)N1C[C@H](NC(=O)C(C)(C)COc2ncccc2C(F)(F)F)C2(CC2)C1. The van der Waals surface area contributed by atoms with Crippen LogP contribution in [-0.2, 0) is 15.7 Å². The minimum absolute atomic E-state index is 0.173. The number of ether oxygens (including phenoxy) is 2. The second kappa shape index (κ2) is 8.12. The fraction of sp³-hybridized carbons (Fsp3) is 0.682. The van der Waals surface area contributed by atoms with Crippen molar-refractivity contribution in [2.75, 3.05) is 19.7 Å². The summed E-state index contributed by atoms with van der Waals surface area (Å²) in [6.07, 6.45) is -2.05. The number of nitrogens with zero attached hydrogens (tertiary/aromatic N) is 2. The van der Waals surface area contributed by atoms with Crippen molar-refractivity contribution in [3.05, 3.63) is 23.9 Å². The first-order chi connectivity index (χ1) is 14.6. The molecule has 1 saturated carbocycles. The molecule has 0 aromatic carbocycles. The number of nitrogens with one attached hydrogen (secondary N) is 1. The molecule has 1 saturated heterocycles. The number of halogens is 3. The molecule has 2 aliphatic rings. The van der Waals surface area contributed by atoms with Crippen molar-refractivity contribution in [2.24, 2.45) is 10.8 Å². The third-order valence-corrected chi connectivity index (χ3v) is 5.76. The third-order valence-electron chi connectivity index (χ3n) is 5.76. The Hall–Kier alpha value is -2.52. The third kappa shape index (κ3) is 5.45. The Morgan fingerprint density at radius 1 is 1.22 bits per heavy atom. The molecule has 3 rings (SSSR count). The topological polar surface area (TPSA) is 80.8 Å². The molecule has 1 aliphatic heterocycles. The fourth-order valence-corrected chi connectivity index (χ4v) is 3.69. The van der Waals surface area contributed by atoms with E-state index < -0.39 is 34.7 Å². The van der Waals surface area contributed by atoms with Crippen molar-refractivity contribution in [1.29, 1.82) is 0 Å². The molecule has 10 heteroatoms. The molecule has 1 N–H and O–H groups in total.